The number of aromatic nitrogens is 4. The average Bonchev–Trinajstić information content (AvgIpc) is 3.08. The lowest BCUT2D eigenvalue weighted by atomic mass is 9.96. The van der Waals surface area contributed by atoms with Gasteiger partial charge in [-0.3, -0.25) is 0 Å². The number of tetrazole rings is 1. The molecule has 1 atom stereocenters. The number of allylic oxidation sites excluding steroid dienone is 1. The molecule has 0 bridgehead atoms. The quantitative estimate of drug-likeness (QED) is 0.482. The summed E-state index contributed by atoms with van der Waals surface area (Å²) in [7, 11) is 0. The number of rotatable bonds is 6. The van der Waals surface area contributed by atoms with Crippen molar-refractivity contribution in [1.29, 1.82) is 0 Å². The highest BCUT2D eigenvalue weighted by Gasteiger charge is 2.34. The van der Waals surface area contributed by atoms with Gasteiger partial charge in [-0.15, -0.1) is 11.8 Å². The molecule has 1 aliphatic rings. The minimum atomic E-state index is -0.406. The smallest absolute Gasteiger partial charge is 0.338 e. The minimum absolute atomic E-state index is 0.335. The van der Waals surface area contributed by atoms with Crippen LogP contribution >= 0.6 is 11.8 Å². The molecule has 132 valence electrons. The first kappa shape index (κ1) is 17.5. The molecule has 0 amide bonds. The summed E-state index contributed by atoms with van der Waals surface area (Å²) < 4.78 is 7.08. The molecule has 0 aliphatic carbocycles. The molecule has 0 saturated heterocycles. The zero-order valence-corrected chi connectivity index (χ0v) is 15.3. The van der Waals surface area contributed by atoms with E-state index in [1.165, 1.54) is 0 Å². The largest absolute Gasteiger partial charge is 0.462 e. The third-order valence-corrected chi connectivity index (χ3v) is 4.84. The molecular weight excluding hydrogens is 338 g/mol. The first-order valence-corrected chi connectivity index (χ1v) is 9.45. The molecule has 0 spiro atoms. The van der Waals surface area contributed by atoms with Gasteiger partial charge in [-0.2, -0.15) is 4.68 Å². The van der Waals surface area contributed by atoms with Crippen LogP contribution in [-0.2, 0) is 9.53 Å². The zero-order chi connectivity index (χ0) is 17.8. The van der Waals surface area contributed by atoms with Gasteiger partial charge >= 0.3 is 5.97 Å². The maximum atomic E-state index is 12.7. The molecule has 0 unspecified atom stereocenters. The molecule has 3 rings (SSSR count). The van der Waals surface area contributed by atoms with Gasteiger partial charge in [0.15, 0.2) is 0 Å². The number of nitrogens with one attached hydrogen (secondary N) is 1. The molecule has 0 radical (unpaired) electrons. The molecule has 25 heavy (non-hydrogen) atoms. The number of hydrogen-bond donors (Lipinski definition) is 1. The number of carbonyl (C=O) groups is 1. The molecular formula is C17H21N5O2S. The Morgan fingerprint density at radius 1 is 1.36 bits per heavy atom. The van der Waals surface area contributed by atoms with Gasteiger partial charge in [-0.25, -0.2) is 4.79 Å². The fourth-order valence-corrected chi connectivity index (χ4v) is 3.17. The number of thioether (sulfide) groups is 1. The van der Waals surface area contributed by atoms with Gasteiger partial charge in [-0.1, -0.05) is 30.6 Å². The second kappa shape index (κ2) is 7.69. The minimum Gasteiger partial charge on any atom is -0.462 e. The molecule has 0 saturated carbocycles. The lowest BCUT2D eigenvalue weighted by molar-refractivity contribution is -0.139. The number of benzene rings is 1. The Balaban J connectivity index is 1.99. The van der Waals surface area contributed by atoms with E-state index in [9.17, 15) is 4.79 Å². The van der Waals surface area contributed by atoms with Crippen LogP contribution in [0.1, 0.15) is 38.3 Å². The summed E-state index contributed by atoms with van der Waals surface area (Å²) in [4.78, 5) is 13.9. The number of hydrogen-bond acceptors (Lipinski definition) is 7. The van der Waals surface area contributed by atoms with E-state index in [1.807, 2.05) is 37.4 Å². The van der Waals surface area contributed by atoms with Crippen LogP contribution in [0.2, 0.25) is 0 Å². The maximum Gasteiger partial charge on any atom is 0.338 e. The van der Waals surface area contributed by atoms with Crippen LogP contribution in [0.15, 0.2) is 40.4 Å². The second-order valence-electron chi connectivity index (χ2n) is 5.78. The Kier molecular flexibility index (Phi) is 5.37. The molecule has 1 aromatic carbocycles. The average molecular weight is 359 g/mol. The van der Waals surface area contributed by atoms with Crippen LogP contribution in [0, 0.1) is 0 Å². The Labute approximate surface area is 150 Å². The van der Waals surface area contributed by atoms with Crippen molar-refractivity contribution in [1.82, 2.24) is 20.2 Å². The molecule has 0 fully saturated rings. The topological polar surface area (TPSA) is 81.9 Å². The molecule has 8 heteroatoms. The van der Waals surface area contributed by atoms with Crippen molar-refractivity contribution in [3.8, 4) is 0 Å². The molecule has 1 N–H and O–H groups in total. The SMILES string of the molecule is CCCCOC(=O)C1=C(C)Nc2nnnn2[C@@H]1c1ccc(SC)cc1. The zero-order valence-electron chi connectivity index (χ0n) is 14.5. The number of unbranched alkanes of at least 4 members (excludes halogenated alkanes) is 1. The van der Waals surface area contributed by atoms with Crippen LogP contribution in [0.3, 0.4) is 0 Å². The van der Waals surface area contributed by atoms with Gasteiger partial charge in [0.1, 0.15) is 6.04 Å². The van der Waals surface area contributed by atoms with E-state index < -0.39 is 6.04 Å². The van der Waals surface area contributed by atoms with Gasteiger partial charge in [0.05, 0.1) is 12.2 Å². The lowest BCUT2D eigenvalue weighted by Crippen LogP contribution is -2.29. The Hall–Kier alpha value is -2.35. The Morgan fingerprint density at radius 3 is 2.80 bits per heavy atom. The van der Waals surface area contributed by atoms with Crippen molar-refractivity contribution in [3.05, 3.63) is 41.1 Å². The number of carbonyl (C=O) groups excluding carboxylic acids is 1. The van der Waals surface area contributed by atoms with Crippen molar-refractivity contribution >= 4 is 23.7 Å². The van der Waals surface area contributed by atoms with Gasteiger partial charge in [-0.05, 0) is 47.7 Å². The Bertz CT molecular complexity index is 785. The maximum absolute atomic E-state index is 12.7. The van der Waals surface area contributed by atoms with E-state index in [0.717, 1.165) is 23.3 Å². The fourth-order valence-electron chi connectivity index (χ4n) is 2.76. The molecule has 7 nitrogen and oxygen atoms in total. The normalized spacial score (nSPS) is 16.4. The van der Waals surface area contributed by atoms with E-state index in [1.54, 1.807) is 16.4 Å². The highest BCUT2D eigenvalue weighted by atomic mass is 32.2. The number of esters is 1. The first-order chi connectivity index (χ1) is 12.2. The first-order valence-electron chi connectivity index (χ1n) is 8.22. The predicted octanol–water partition coefficient (Wildman–Crippen LogP) is 3.03. The van der Waals surface area contributed by atoms with E-state index in [4.69, 9.17) is 4.74 Å². The molecule has 1 aromatic heterocycles. The monoisotopic (exact) mass is 359 g/mol. The van der Waals surface area contributed by atoms with Gasteiger partial charge in [0, 0.05) is 10.6 Å². The number of anilines is 1. The lowest BCUT2D eigenvalue weighted by Gasteiger charge is -2.27. The summed E-state index contributed by atoms with van der Waals surface area (Å²) in [6.07, 6.45) is 3.84. The van der Waals surface area contributed by atoms with Crippen LogP contribution in [0.25, 0.3) is 0 Å². The van der Waals surface area contributed by atoms with E-state index in [0.29, 0.717) is 23.8 Å². The summed E-state index contributed by atoms with van der Waals surface area (Å²) in [6.45, 7) is 4.31. The highest BCUT2D eigenvalue weighted by molar-refractivity contribution is 7.98. The summed E-state index contributed by atoms with van der Waals surface area (Å²) in [6, 6.07) is 7.65. The number of ether oxygens (including phenoxy) is 1. The summed E-state index contributed by atoms with van der Waals surface area (Å²) >= 11 is 1.67. The van der Waals surface area contributed by atoms with E-state index in [-0.39, 0.29) is 5.97 Å². The van der Waals surface area contributed by atoms with Crippen molar-refractivity contribution in [2.75, 3.05) is 18.2 Å². The number of fused-ring (bicyclic) bond motifs is 1. The van der Waals surface area contributed by atoms with Crippen LogP contribution in [0.5, 0.6) is 0 Å². The third-order valence-electron chi connectivity index (χ3n) is 4.10. The molecule has 1 aliphatic heterocycles. The second-order valence-corrected chi connectivity index (χ2v) is 6.66. The van der Waals surface area contributed by atoms with Crippen LogP contribution in [0.4, 0.5) is 5.95 Å². The van der Waals surface area contributed by atoms with Gasteiger partial charge in [0.2, 0.25) is 5.95 Å². The standard InChI is InChI=1S/C17H21N5O2S/c1-4-5-10-24-16(23)14-11(2)18-17-19-20-21-22(17)15(14)12-6-8-13(25-3)9-7-12/h6-9,15H,4-5,10H2,1-3H3,(H,18,19,21)/t15-/m1/s1. The molecule has 2 aromatic rings. The van der Waals surface area contributed by atoms with E-state index in [2.05, 4.69) is 27.8 Å². The van der Waals surface area contributed by atoms with Crippen molar-refractivity contribution in [3.63, 3.8) is 0 Å². The molecule has 2 heterocycles. The van der Waals surface area contributed by atoms with E-state index >= 15 is 0 Å². The summed E-state index contributed by atoms with van der Waals surface area (Å²) in [5, 5.41) is 14.9. The number of nitrogens with zero attached hydrogens (tertiary/aromatic N) is 4. The van der Waals surface area contributed by atoms with Gasteiger partial charge < -0.3 is 10.1 Å². The van der Waals surface area contributed by atoms with Crippen LogP contribution in [-0.4, -0.2) is 39.0 Å². The third kappa shape index (κ3) is 3.53. The van der Waals surface area contributed by atoms with Crippen molar-refractivity contribution in [2.24, 2.45) is 0 Å². The van der Waals surface area contributed by atoms with Crippen LogP contribution < -0.4 is 5.32 Å². The van der Waals surface area contributed by atoms with Crippen molar-refractivity contribution < 1.29 is 9.53 Å². The summed E-state index contributed by atoms with van der Waals surface area (Å²) in [5.41, 5.74) is 2.19. The predicted molar refractivity (Wildman–Crippen MR) is 96.4 cm³/mol. The fraction of sp³-hybridized carbons (Fsp3) is 0.412. The van der Waals surface area contributed by atoms with Crippen molar-refractivity contribution in [2.45, 2.75) is 37.6 Å². The summed E-state index contributed by atoms with van der Waals surface area (Å²) in [5.74, 6) is 0.181. The highest BCUT2D eigenvalue weighted by Crippen LogP contribution is 2.35. The Morgan fingerprint density at radius 2 is 2.12 bits per heavy atom. The van der Waals surface area contributed by atoms with Gasteiger partial charge in [0.25, 0.3) is 0 Å².